The molecule has 0 amide bonds. The van der Waals surface area contributed by atoms with Gasteiger partial charge in [-0.05, 0) is 25.0 Å². The second-order valence-electron chi connectivity index (χ2n) is 4.73. The Morgan fingerprint density at radius 3 is 2.78 bits per heavy atom. The Hall–Kier alpha value is -1.33. The molecule has 1 aromatic heterocycles. The number of nitrogens with one attached hydrogen (secondary N) is 1. The average Bonchev–Trinajstić information content (AvgIpc) is 2.46. The highest BCUT2D eigenvalue weighted by molar-refractivity contribution is 5.47. The molecule has 4 N–H and O–H groups in total. The molecule has 0 unspecified atom stereocenters. The molecule has 1 aliphatic carbocycles. The predicted octanol–water partition coefficient (Wildman–Crippen LogP) is 1.50. The van der Waals surface area contributed by atoms with Gasteiger partial charge in [0.15, 0.2) is 0 Å². The molecule has 1 fully saturated rings. The second kappa shape index (κ2) is 6.56. The minimum Gasteiger partial charge on any atom is -0.395 e. The smallest absolute Gasteiger partial charge is 0.142 e. The normalized spacial score (nSPS) is 16.6. The van der Waals surface area contributed by atoms with Crippen molar-refractivity contribution in [2.75, 3.05) is 23.5 Å². The van der Waals surface area contributed by atoms with Crippen LogP contribution in [0.2, 0.25) is 0 Å². The molecule has 0 aliphatic heterocycles. The van der Waals surface area contributed by atoms with Crippen molar-refractivity contribution < 1.29 is 5.11 Å². The number of nitrogen functional groups attached to an aromatic ring is 1. The molecule has 1 saturated carbocycles. The van der Waals surface area contributed by atoms with E-state index in [9.17, 15) is 5.11 Å². The molecular weight excluding hydrogens is 228 g/mol. The van der Waals surface area contributed by atoms with Gasteiger partial charge in [-0.25, -0.2) is 10.8 Å². The van der Waals surface area contributed by atoms with Gasteiger partial charge < -0.3 is 15.4 Å². The molecule has 5 nitrogen and oxygen atoms in total. The quantitative estimate of drug-likeness (QED) is 0.545. The molecule has 0 aromatic carbocycles. The van der Waals surface area contributed by atoms with Crippen LogP contribution in [0.4, 0.5) is 11.6 Å². The number of nitrogens with two attached hydrogens (primary N) is 1. The van der Waals surface area contributed by atoms with Crippen molar-refractivity contribution in [1.29, 1.82) is 0 Å². The van der Waals surface area contributed by atoms with Gasteiger partial charge in [0, 0.05) is 12.6 Å². The Bertz CT molecular complexity index is 366. The van der Waals surface area contributed by atoms with E-state index in [0.29, 0.717) is 18.4 Å². The van der Waals surface area contributed by atoms with Crippen molar-refractivity contribution in [1.82, 2.24) is 4.98 Å². The van der Waals surface area contributed by atoms with E-state index in [0.717, 1.165) is 5.82 Å². The highest BCUT2D eigenvalue weighted by Crippen LogP contribution is 2.26. The number of rotatable bonds is 5. The van der Waals surface area contributed by atoms with Crippen molar-refractivity contribution in [3.63, 3.8) is 0 Å². The molecule has 1 heterocycles. The van der Waals surface area contributed by atoms with E-state index in [1.807, 2.05) is 18.2 Å². The first-order valence-electron chi connectivity index (χ1n) is 6.66. The van der Waals surface area contributed by atoms with Gasteiger partial charge in [-0.1, -0.05) is 25.3 Å². The summed E-state index contributed by atoms with van der Waals surface area (Å²) >= 11 is 0. The third-order valence-electron chi connectivity index (χ3n) is 3.53. The molecule has 0 atom stereocenters. The molecule has 0 spiro atoms. The van der Waals surface area contributed by atoms with Gasteiger partial charge in [-0.15, -0.1) is 0 Å². The number of aromatic nitrogens is 1. The third kappa shape index (κ3) is 3.11. The summed E-state index contributed by atoms with van der Waals surface area (Å²) in [5.74, 6) is 6.94. The summed E-state index contributed by atoms with van der Waals surface area (Å²) in [6.45, 7) is 0.782. The number of hydrogen-bond donors (Lipinski definition) is 3. The fourth-order valence-corrected chi connectivity index (χ4v) is 2.65. The first-order valence-corrected chi connectivity index (χ1v) is 6.66. The zero-order valence-electron chi connectivity index (χ0n) is 10.7. The Morgan fingerprint density at radius 1 is 1.33 bits per heavy atom. The minimum atomic E-state index is 0.151. The van der Waals surface area contributed by atoms with Crippen molar-refractivity contribution >= 4 is 11.6 Å². The largest absolute Gasteiger partial charge is 0.395 e. The number of pyridine rings is 1. The molecule has 0 saturated heterocycles. The van der Waals surface area contributed by atoms with Gasteiger partial charge in [0.05, 0.1) is 6.61 Å². The van der Waals surface area contributed by atoms with E-state index in [-0.39, 0.29) is 6.61 Å². The molecule has 0 radical (unpaired) electrons. The van der Waals surface area contributed by atoms with E-state index in [4.69, 9.17) is 5.84 Å². The van der Waals surface area contributed by atoms with E-state index in [1.54, 1.807) is 0 Å². The first-order chi connectivity index (χ1) is 8.85. The summed E-state index contributed by atoms with van der Waals surface area (Å²) < 4.78 is 0. The lowest BCUT2D eigenvalue weighted by molar-refractivity contribution is 0.289. The average molecular weight is 250 g/mol. The highest BCUT2D eigenvalue weighted by atomic mass is 16.3. The van der Waals surface area contributed by atoms with Crippen molar-refractivity contribution in [2.24, 2.45) is 5.84 Å². The van der Waals surface area contributed by atoms with E-state index < -0.39 is 0 Å². The summed E-state index contributed by atoms with van der Waals surface area (Å²) in [4.78, 5) is 6.67. The van der Waals surface area contributed by atoms with Crippen LogP contribution in [0.15, 0.2) is 18.2 Å². The summed E-state index contributed by atoms with van der Waals surface area (Å²) in [6, 6.07) is 6.24. The van der Waals surface area contributed by atoms with E-state index >= 15 is 0 Å². The van der Waals surface area contributed by atoms with Gasteiger partial charge in [-0.2, -0.15) is 0 Å². The summed E-state index contributed by atoms with van der Waals surface area (Å²) in [6.07, 6.45) is 6.22. The third-order valence-corrected chi connectivity index (χ3v) is 3.53. The Balaban J connectivity index is 2.16. The minimum absolute atomic E-state index is 0.151. The topological polar surface area (TPSA) is 74.4 Å². The maximum Gasteiger partial charge on any atom is 0.142 e. The number of anilines is 2. The van der Waals surface area contributed by atoms with Crippen LogP contribution in [0.1, 0.15) is 32.1 Å². The Morgan fingerprint density at radius 2 is 2.11 bits per heavy atom. The SMILES string of the molecule is NNc1cccc(N(CCO)C2CCCCC2)n1. The van der Waals surface area contributed by atoms with Crippen LogP contribution in [0, 0.1) is 0 Å². The van der Waals surface area contributed by atoms with E-state index in [2.05, 4.69) is 15.3 Å². The maximum atomic E-state index is 9.25. The van der Waals surface area contributed by atoms with Crippen LogP contribution >= 0.6 is 0 Å². The highest BCUT2D eigenvalue weighted by Gasteiger charge is 2.21. The van der Waals surface area contributed by atoms with E-state index in [1.165, 1.54) is 32.1 Å². The molecule has 1 aromatic rings. The summed E-state index contributed by atoms with van der Waals surface area (Å²) in [5.41, 5.74) is 2.57. The lowest BCUT2D eigenvalue weighted by Crippen LogP contribution is -2.39. The summed E-state index contributed by atoms with van der Waals surface area (Å²) in [5, 5.41) is 9.25. The monoisotopic (exact) mass is 250 g/mol. The lowest BCUT2D eigenvalue weighted by atomic mass is 9.94. The standard InChI is InChI=1S/C13H22N4O/c14-16-12-7-4-8-13(15-12)17(9-10-18)11-5-2-1-3-6-11/h4,7-8,11,18H,1-3,5-6,9-10,14H2,(H,15,16). The van der Waals surface area contributed by atoms with Crippen LogP contribution in [0.25, 0.3) is 0 Å². The second-order valence-corrected chi connectivity index (χ2v) is 4.73. The number of aliphatic hydroxyl groups is 1. The van der Waals surface area contributed by atoms with Crippen molar-refractivity contribution in [3.8, 4) is 0 Å². The van der Waals surface area contributed by atoms with Crippen LogP contribution in [0.5, 0.6) is 0 Å². The van der Waals surface area contributed by atoms with Gasteiger partial charge in [0.1, 0.15) is 11.6 Å². The van der Waals surface area contributed by atoms with Gasteiger partial charge >= 0.3 is 0 Å². The molecule has 18 heavy (non-hydrogen) atoms. The first kappa shape index (κ1) is 13.1. The van der Waals surface area contributed by atoms with Crippen LogP contribution in [-0.2, 0) is 0 Å². The maximum absolute atomic E-state index is 9.25. The van der Waals surface area contributed by atoms with Gasteiger partial charge in [-0.3, -0.25) is 0 Å². The number of aliphatic hydroxyl groups excluding tert-OH is 1. The van der Waals surface area contributed by atoms with Crippen molar-refractivity contribution in [3.05, 3.63) is 18.2 Å². The Labute approximate surface area is 108 Å². The fraction of sp³-hybridized carbons (Fsp3) is 0.615. The molecule has 0 bridgehead atoms. The molecule has 2 rings (SSSR count). The van der Waals surface area contributed by atoms with Crippen molar-refractivity contribution in [2.45, 2.75) is 38.1 Å². The zero-order chi connectivity index (χ0) is 12.8. The molecule has 1 aliphatic rings. The number of nitrogens with zero attached hydrogens (tertiary/aromatic N) is 2. The fourth-order valence-electron chi connectivity index (χ4n) is 2.65. The Kier molecular flexibility index (Phi) is 4.78. The van der Waals surface area contributed by atoms with Crippen LogP contribution in [0.3, 0.4) is 0 Å². The lowest BCUT2D eigenvalue weighted by Gasteiger charge is -2.35. The number of hydrogen-bond acceptors (Lipinski definition) is 5. The van der Waals surface area contributed by atoms with Gasteiger partial charge in [0.2, 0.25) is 0 Å². The molecular formula is C13H22N4O. The molecule has 5 heteroatoms. The number of hydrazine groups is 1. The molecule has 100 valence electrons. The van der Waals surface area contributed by atoms with Crippen LogP contribution < -0.4 is 16.2 Å². The van der Waals surface area contributed by atoms with Crippen LogP contribution in [-0.4, -0.2) is 29.3 Å². The zero-order valence-corrected chi connectivity index (χ0v) is 10.7. The summed E-state index contributed by atoms with van der Waals surface area (Å²) in [7, 11) is 0. The predicted molar refractivity (Wildman–Crippen MR) is 73.4 cm³/mol. The van der Waals surface area contributed by atoms with Gasteiger partial charge in [0.25, 0.3) is 0 Å².